The van der Waals surface area contributed by atoms with E-state index in [1.807, 2.05) is 31.2 Å². The first-order valence-corrected chi connectivity index (χ1v) is 12.9. The van der Waals surface area contributed by atoms with Crippen molar-refractivity contribution in [1.82, 2.24) is 10.2 Å². The van der Waals surface area contributed by atoms with Crippen LogP contribution in [0.25, 0.3) is 6.08 Å². The summed E-state index contributed by atoms with van der Waals surface area (Å²) in [5, 5.41) is 19.5. The van der Waals surface area contributed by atoms with Crippen LogP contribution in [-0.2, 0) is 21.2 Å². The van der Waals surface area contributed by atoms with Crippen molar-refractivity contribution in [3.05, 3.63) is 64.2 Å². The van der Waals surface area contributed by atoms with Crippen molar-refractivity contribution in [1.29, 1.82) is 5.26 Å². The Balaban J connectivity index is 1.79. The van der Waals surface area contributed by atoms with E-state index in [1.165, 1.54) is 6.08 Å². The zero-order chi connectivity index (χ0) is 24.7. The molecule has 0 aliphatic heterocycles. The van der Waals surface area contributed by atoms with Gasteiger partial charge in [0.2, 0.25) is 19.3 Å². The van der Waals surface area contributed by atoms with Gasteiger partial charge in [-0.25, -0.2) is 8.42 Å². The summed E-state index contributed by atoms with van der Waals surface area (Å²) in [6.07, 6.45) is 2.35. The smallest absolute Gasteiger partial charge is 0.268 e. The van der Waals surface area contributed by atoms with Crippen molar-refractivity contribution in [3.8, 4) is 17.6 Å². The molecule has 1 heterocycles. The molecule has 12 heteroatoms. The third-order valence-electron chi connectivity index (χ3n) is 4.23. The van der Waals surface area contributed by atoms with E-state index in [2.05, 4.69) is 15.5 Å². The number of carbonyl (C=O) groups is 1. The van der Waals surface area contributed by atoms with Gasteiger partial charge in [0.1, 0.15) is 18.2 Å². The monoisotopic (exact) mass is 518 g/mol. The van der Waals surface area contributed by atoms with Crippen molar-refractivity contribution >= 4 is 49.9 Å². The van der Waals surface area contributed by atoms with E-state index in [4.69, 9.17) is 21.1 Å². The molecular weight excluding hydrogens is 500 g/mol. The first kappa shape index (κ1) is 25.2. The highest BCUT2D eigenvalue weighted by atomic mass is 35.5. The molecule has 0 aliphatic carbocycles. The molecule has 3 rings (SSSR count). The van der Waals surface area contributed by atoms with Crippen LogP contribution < -0.4 is 14.8 Å². The Morgan fingerprint density at radius 1 is 1.21 bits per heavy atom. The summed E-state index contributed by atoms with van der Waals surface area (Å²) in [6.45, 7) is 2.43. The summed E-state index contributed by atoms with van der Waals surface area (Å²) in [7, 11) is -3.55. The average Bonchev–Trinajstić information content (AvgIpc) is 3.27. The molecule has 1 aromatic heterocycles. The molecule has 0 atom stereocenters. The van der Waals surface area contributed by atoms with Crippen LogP contribution in [0.4, 0.5) is 5.13 Å². The molecule has 9 nitrogen and oxygen atoms in total. The summed E-state index contributed by atoms with van der Waals surface area (Å²) in [4.78, 5) is 12.5. The van der Waals surface area contributed by atoms with Crippen LogP contribution in [0.1, 0.15) is 18.1 Å². The van der Waals surface area contributed by atoms with E-state index >= 15 is 0 Å². The van der Waals surface area contributed by atoms with E-state index in [9.17, 15) is 18.5 Å². The quantitative estimate of drug-likeness (QED) is 0.254. The Hall–Kier alpha value is -3.46. The van der Waals surface area contributed by atoms with Gasteiger partial charge in [-0.15, -0.1) is 10.2 Å². The molecule has 0 radical (unpaired) electrons. The van der Waals surface area contributed by atoms with Crippen LogP contribution >= 0.6 is 22.9 Å². The van der Waals surface area contributed by atoms with Crippen LogP contribution in [0.2, 0.25) is 5.02 Å². The van der Waals surface area contributed by atoms with Crippen molar-refractivity contribution in [2.75, 3.05) is 18.2 Å². The molecule has 0 saturated carbocycles. The highest BCUT2D eigenvalue weighted by Gasteiger charge is 2.18. The zero-order valence-corrected chi connectivity index (χ0v) is 20.5. The molecule has 0 fully saturated rings. The SMILES string of the molecule is CCOc1cc(C=C(C#N)C(=O)Nc2nnc(S(C)(=O)=O)s2)ccc1OCc1ccccc1Cl. The lowest BCUT2D eigenvalue weighted by Crippen LogP contribution is -2.13. The average molecular weight is 519 g/mol. The zero-order valence-electron chi connectivity index (χ0n) is 18.1. The fraction of sp³-hybridized carbons (Fsp3) is 0.182. The van der Waals surface area contributed by atoms with Crippen LogP contribution in [-0.4, -0.2) is 37.4 Å². The van der Waals surface area contributed by atoms with Gasteiger partial charge in [0.05, 0.1) is 6.61 Å². The Morgan fingerprint density at radius 2 is 1.97 bits per heavy atom. The van der Waals surface area contributed by atoms with Gasteiger partial charge in [0.25, 0.3) is 5.91 Å². The van der Waals surface area contributed by atoms with E-state index in [0.29, 0.717) is 40.0 Å². The number of amides is 1. The predicted octanol–water partition coefficient (Wildman–Crippen LogP) is 4.12. The molecule has 0 bridgehead atoms. The molecule has 3 aromatic rings. The standard InChI is InChI=1S/C22H19ClN4O5S2/c1-3-31-19-11-14(8-9-18(19)32-13-15-6-4-5-7-17(15)23)10-16(12-24)20(28)25-21-26-27-22(33-21)34(2,29)30/h4-11H,3,13H2,1-2H3,(H,25,26,28). The first-order chi connectivity index (χ1) is 16.2. The number of nitriles is 1. The summed E-state index contributed by atoms with van der Waals surface area (Å²) < 4.78 is 34.3. The van der Waals surface area contributed by atoms with Gasteiger partial charge in [-0.2, -0.15) is 5.26 Å². The number of rotatable bonds is 9. The Bertz CT molecular complexity index is 1380. The number of aromatic nitrogens is 2. The molecule has 34 heavy (non-hydrogen) atoms. The second-order valence-electron chi connectivity index (χ2n) is 6.79. The summed E-state index contributed by atoms with van der Waals surface area (Å²) >= 11 is 6.87. The lowest BCUT2D eigenvalue weighted by atomic mass is 10.1. The molecule has 0 saturated heterocycles. The number of halogens is 1. The van der Waals surface area contributed by atoms with E-state index in [1.54, 1.807) is 24.3 Å². The normalized spacial score (nSPS) is 11.5. The number of hydrogen-bond donors (Lipinski definition) is 1. The van der Waals surface area contributed by atoms with Crippen molar-refractivity contribution in [2.45, 2.75) is 17.9 Å². The van der Waals surface area contributed by atoms with Gasteiger partial charge in [-0.05, 0) is 36.8 Å². The highest BCUT2D eigenvalue weighted by Crippen LogP contribution is 2.31. The Kier molecular flexibility index (Phi) is 8.22. The van der Waals surface area contributed by atoms with Gasteiger partial charge in [-0.1, -0.05) is 47.2 Å². The van der Waals surface area contributed by atoms with Crippen LogP contribution in [0, 0.1) is 11.3 Å². The number of hydrogen-bond acceptors (Lipinski definition) is 9. The van der Waals surface area contributed by atoms with Crippen molar-refractivity contribution in [2.24, 2.45) is 0 Å². The molecule has 1 amide bonds. The fourth-order valence-electron chi connectivity index (χ4n) is 2.66. The largest absolute Gasteiger partial charge is 0.490 e. The molecule has 176 valence electrons. The van der Waals surface area contributed by atoms with Crippen LogP contribution in [0.15, 0.2) is 52.4 Å². The second-order valence-corrected chi connectivity index (χ2v) is 10.4. The summed E-state index contributed by atoms with van der Waals surface area (Å²) in [6, 6.07) is 14.1. The van der Waals surface area contributed by atoms with Crippen LogP contribution in [0.3, 0.4) is 0 Å². The predicted molar refractivity (Wildman–Crippen MR) is 129 cm³/mol. The maximum absolute atomic E-state index is 12.5. The number of nitrogens with one attached hydrogen (secondary N) is 1. The molecule has 2 aromatic carbocycles. The number of anilines is 1. The molecular formula is C22H19ClN4O5S2. The van der Waals surface area contributed by atoms with Crippen molar-refractivity contribution < 1.29 is 22.7 Å². The Labute approximate surface area is 205 Å². The number of benzene rings is 2. The Morgan fingerprint density at radius 3 is 2.62 bits per heavy atom. The van der Waals surface area contributed by atoms with E-state index in [-0.39, 0.29) is 21.7 Å². The lowest BCUT2D eigenvalue weighted by Gasteiger charge is -2.13. The third-order valence-corrected chi connectivity index (χ3v) is 7.11. The summed E-state index contributed by atoms with van der Waals surface area (Å²) in [5.74, 6) is 0.155. The minimum atomic E-state index is -3.55. The topological polar surface area (TPSA) is 131 Å². The van der Waals surface area contributed by atoms with Gasteiger partial charge >= 0.3 is 0 Å². The molecule has 0 aliphatic rings. The van der Waals surface area contributed by atoms with Gasteiger partial charge in [0.15, 0.2) is 11.5 Å². The number of carbonyl (C=O) groups excluding carboxylic acids is 1. The third kappa shape index (κ3) is 6.54. The van der Waals surface area contributed by atoms with Gasteiger partial charge < -0.3 is 9.47 Å². The first-order valence-electron chi connectivity index (χ1n) is 9.81. The summed E-state index contributed by atoms with van der Waals surface area (Å²) in [5.41, 5.74) is 1.12. The van der Waals surface area contributed by atoms with Crippen LogP contribution in [0.5, 0.6) is 11.5 Å². The molecule has 1 N–H and O–H groups in total. The number of ether oxygens (including phenoxy) is 2. The molecule has 0 spiro atoms. The second kappa shape index (κ2) is 11.1. The van der Waals surface area contributed by atoms with Gasteiger partial charge in [0, 0.05) is 16.8 Å². The van der Waals surface area contributed by atoms with Crippen molar-refractivity contribution in [3.63, 3.8) is 0 Å². The van der Waals surface area contributed by atoms with E-state index in [0.717, 1.165) is 11.8 Å². The molecule has 0 unspecified atom stereocenters. The lowest BCUT2D eigenvalue weighted by molar-refractivity contribution is -0.112. The minimum absolute atomic E-state index is 0.0371. The number of nitrogens with zero attached hydrogens (tertiary/aromatic N) is 3. The maximum Gasteiger partial charge on any atom is 0.268 e. The minimum Gasteiger partial charge on any atom is -0.490 e. The fourth-order valence-corrected chi connectivity index (χ4v) is 4.36. The highest BCUT2D eigenvalue weighted by molar-refractivity contribution is 7.92. The maximum atomic E-state index is 12.5. The number of sulfone groups is 1. The van der Waals surface area contributed by atoms with E-state index < -0.39 is 15.7 Å². The van der Waals surface area contributed by atoms with Gasteiger partial charge in [-0.3, -0.25) is 10.1 Å².